The quantitative estimate of drug-likeness (QED) is 0.761. The maximum Gasteiger partial charge on any atom is 0.314 e. The Morgan fingerprint density at radius 1 is 1.36 bits per heavy atom. The number of carbonyl (C=O) groups is 1. The van der Waals surface area contributed by atoms with Gasteiger partial charge in [0.15, 0.2) is 0 Å². The molecule has 5 nitrogen and oxygen atoms in total. The SMILES string of the molecule is CN(C)C(CNC(=O)NCCC1=CCCCC1)c1ccco1. The minimum atomic E-state index is -0.116. The zero-order chi connectivity index (χ0) is 15.8. The second kappa shape index (κ2) is 8.63. The lowest BCUT2D eigenvalue weighted by atomic mass is 9.97. The summed E-state index contributed by atoms with van der Waals surface area (Å²) in [5.41, 5.74) is 1.48. The highest BCUT2D eigenvalue weighted by Crippen LogP contribution is 2.19. The van der Waals surface area contributed by atoms with Crippen molar-refractivity contribution >= 4 is 6.03 Å². The standard InChI is InChI=1S/C17H27N3O2/c1-20(2)15(16-9-6-12-22-16)13-19-17(21)18-11-10-14-7-4-3-5-8-14/h6-7,9,12,15H,3-5,8,10-11,13H2,1-2H3,(H2,18,19,21). The fraction of sp³-hybridized carbons (Fsp3) is 0.588. The molecule has 0 bridgehead atoms. The third-order valence-corrected chi connectivity index (χ3v) is 4.07. The fourth-order valence-corrected chi connectivity index (χ4v) is 2.74. The average Bonchev–Trinajstić information content (AvgIpc) is 3.02. The summed E-state index contributed by atoms with van der Waals surface area (Å²) in [5, 5.41) is 5.85. The highest BCUT2D eigenvalue weighted by Gasteiger charge is 2.17. The summed E-state index contributed by atoms with van der Waals surface area (Å²) in [6, 6.07) is 3.72. The number of urea groups is 1. The molecule has 1 aliphatic carbocycles. The molecule has 0 saturated carbocycles. The van der Waals surface area contributed by atoms with Crippen LogP contribution >= 0.6 is 0 Å². The van der Waals surface area contributed by atoms with Gasteiger partial charge in [-0.25, -0.2) is 4.79 Å². The molecule has 1 aromatic heterocycles. The Bertz CT molecular complexity index is 480. The van der Waals surface area contributed by atoms with E-state index < -0.39 is 0 Å². The van der Waals surface area contributed by atoms with Gasteiger partial charge in [0.2, 0.25) is 0 Å². The molecule has 2 rings (SSSR count). The largest absolute Gasteiger partial charge is 0.468 e. The van der Waals surface area contributed by atoms with Crippen molar-refractivity contribution in [3.05, 3.63) is 35.8 Å². The van der Waals surface area contributed by atoms with E-state index in [0.29, 0.717) is 13.1 Å². The third-order valence-electron chi connectivity index (χ3n) is 4.07. The Labute approximate surface area is 132 Å². The number of nitrogens with one attached hydrogen (secondary N) is 2. The predicted molar refractivity (Wildman–Crippen MR) is 87.7 cm³/mol. The van der Waals surface area contributed by atoms with E-state index in [1.54, 1.807) is 6.26 Å². The molecular weight excluding hydrogens is 278 g/mol. The third kappa shape index (κ3) is 5.22. The molecule has 2 amide bonds. The van der Waals surface area contributed by atoms with Gasteiger partial charge in [-0.1, -0.05) is 11.6 Å². The van der Waals surface area contributed by atoms with Crippen LogP contribution in [0.5, 0.6) is 0 Å². The maximum absolute atomic E-state index is 11.9. The van der Waals surface area contributed by atoms with E-state index in [9.17, 15) is 4.79 Å². The van der Waals surface area contributed by atoms with E-state index in [1.165, 1.54) is 31.3 Å². The lowest BCUT2D eigenvalue weighted by molar-refractivity contribution is 0.225. The molecule has 1 heterocycles. The lowest BCUT2D eigenvalue weighted by Gasteiger charge is -2.22. The molecule has 1 aliphatic rings. The van der Waals surface area contributed by atoms with E-state index in [2.05, 4.69) is 16.7 Å². The summed E-state index contributed by atoms with van der Waals surface area (Å²) in [6.07, 6.45) is 9.90. The summed E-state index contributed by atoms with van der Waals surface area (Å²) in [4.78, 5) is 13.9. The van der Waals surface area contributed by atoms with Gasteiger partial charge in [-0.05, 0) is 58.3 Å². The normalized spacial score (nSPS) is 16.2. The zero-order valence-corrected chi connectivity index (χ0v) is 13.6. The van der Waals surface area contributed by atoms with Crippen LogP contribution in [0, 0.1) is 0 Å². The highest BCUT2D eigenvalue weighted by atomic mass is 16.3. The Kier molecular flexibility index (Phi) is 6.52. The number of carbonyl (C=O) groups excluding carboxylic acids is 1. The number of likely N-dealkylation sites (N-methyl/N-ethyl adjacent to an activating group) is 1. The van der Waals surface area contributed by atoms with E-state index in [0.717, 1.165) is 12.2 Å². The predicted octanol–water partition coefficient (Wildman–Crippen LogP) is 3.07. The Balaban J connectivity index is 1.69. The van der Waals surface area contributed by atoms with Crippen LogP contribution in [0.3, 0.4) is 0 Å². The number of hydrogen-bond donors (Lipinski definition) is 2. The van der Waals surface area contributed by atoms with Crippen molar-refractivity contribution in [1.82, 2.24) is 15.5 Å². The average molecular weight is 305 g/mol. The minimum absolute atomic E-state index is 0.0433. The molecule has 122 valence electrons. The Morgan fingerprint density at radius 2 is 2.23 bits per heavy atom. The van der Waals surface area contributed by atoms with Gasteiger partial charge < -0.3 is 15.1 Å². The van der Waals surface area contributed by atoms with Crippen LogP contribution in [0.25, 0.3) is 0 Å². The number of hydrogen-bond acceptors (Lipinski definition) is 3. The molecule has 0 fully saturated rings. The van der Waals surface area contributed by atoms with Gasteiger partial charge >= 0.3 is 6.03 Å². The van der Waals surface area contributed by atoms with Crippen molar-refractivity contribution in [2.75, 3.05) is 27.2 Å². The number of amides is 2. The van der Waals surface area contributed by atoms with Crippen molar-refractivity contribution < 1.29 is 9.21 Å². The smallest absolute Gasteiger partial charge is 0.314 e. The van der Waals surface area contributed by atoms with Crippen LogP contribution in [-0.2, 0) is 0 Å². The van der Waals surface area contributed by atoms with Gasteiger partial charge in [-0.15, -0.1) is 0 Å². The summed E-state index contributed by atoms with van der Waals surface area (Å²) in [6.45, 7) is 1.22. The number of allylic oxidation sites excluding steroid dienone is 1. The molecule has 0 radical (unpaired) electrons. The van der Waals surface area contributed by atoms with Crippen molar-refractivity contribution in [2.24, 2.45) is 0 Å². The molecule has 22 heavy (non-hydrogen) atoms. The van der Waals surface area contributed by atoms with Crippen LogP contribution in [0.15, 0.2) is 34.5 Å². The Hall–Kier alpha value is -1.75. The van der Waals surface area contributed by atoms with Crippen LogP contribution in [-0.4, -0.2) is 38.1 Å². The van der Waals surface area contributed by atoms with E-state index >= 15 is 0 Å². The van der Waals surface area contributed by atoms with Crippen molar-refractivity contribution in [2.45, 2.75) is 38.1 Å². The van der Waals surface area contributed by atoms with Crippen LogP contribution in [0.1, 0.15) is 43.9 Å². The molecule has 5 heteroatoms. The van der Waals surface area contributed by atoms with Gasteiger partial charge in [0.25, 0.3) is 0 Å². The maximum atomic E-state index is 11.9. The number of rotatable bonds is 7. The van der Waals surface area contributed by atoms with E-state index in [1.807, 2.05) is 31.1 Å². The van der Waals surface area contributed by atoms with Crippen molar-refractivity contribution in [1.29, 1.82) is 0 Å². The molecule has 0 aliphatic heterocycles. The second-order valence-electron chi connectivity index (χ2n) is 5.99. The topological polar surface area (TPSA) is 57.5 Å². The first kappa shape index (κ1) is 16.6. The van der Waals surface area contributed by atoms with Gasteiger partial charge in [0.05, 0.1) is 12.3 Å². The molecule has 0 saturated heterocycles. The molecule has 2 N–H and O–H groups in total. The molecule has 1 atom stereocenters. The summed E-state index contributed by atoms with van der Waals surface area (Å²) in [7, 11) is 3.95. The number of nitrogens with zero attached hydrogens (tertiary/aromatic N) is 1. The first-order valence-corrected chi connectivity index (χ1v) is 8.06. The van der Waals surface area contributed by atoms with Gasteiger partial charge in [0, 0.05) is 13.1 Å². The second-order valence-corrected chi connectivity index (χ2v) is 5.99. The molecule has 1 aromatic rings. The minimum Gasteiger partial charge on any atom is -0.468 e. The van der Waals surface area contributed by atoms with Crippen molar-refractivity contribution in [3.63, 3.8) is 0 Å². The number of furan rings is 1. The zero-order valence-electron chi connectivity index (χ0n) is 13.6. The van der Waals surface area contributed by atoms with Crippen molar-refractivity contribution in [3.8, 4) is 0 Å². The first-order valence-electron chi connectivity index (χ1n) is 8.06. The highest BCUT2D eigenvalue weighted by molar-refractivity contribution is 5.73. The van der Waals surface area contributed by atoms with Gasteiger partial charge in [0.1, 0.15) is 5.76 Å². The monoisotopic (exact) mass is 305 g/mol. The molecular formula is C17H27N3O2. The first-order chi connectivity index (χ1) is 10.7. The summed E-state index contributed by atoms with van der Waals surface area (Å²) < 4.78 is 5.43. The van der Waals surface area contributed by atoms with E-state index in [4.69, 9.17) is 4.42 Å². The van der Waals surface area contributed by atoms with E-state index in [-0.39, 0.29) is 12.1 Å². The fourth-order valence-electron chi connectivity index (χ4n) is 2.74. The van der Waals surface area contributed by atoms with Crippen LogP contribution in [0.2, 0.25) is 0 Å². The van der Waals surface area contributed by atoms with Gasteiger partial charge in [-0.3, -0.25) is 4.90 Å². The summed E-state index contributed by atoms with van der Waals surface area (Å²) in [5.74, 6) is 0.859. The van der Waals surface area contributed by atoms with Crippen LogP contribution < -0.4 is 10.6 Å². The molecule has 1 unspecified atom stereocenters. The van der Waals surface area contributed by atoms with Crippen LogP contribution in [0.4, 0.5) is 4.79 Å². The summed E-state index contributed by atoms with van der Waals surface area (Å²) >= 11 is 0. The Morgan fingerprint density at radius 3 is 2.86 bits per heavy atom. The lowest BCUT2D eigenvalue weighted by Crippen LogP contribution is -2.40. The van der Waals surface area contributed by atoms with Gasteiger partial charge in [-0.2, -0.15) is 0 Å². The molecule has 0 aromatic carbocycles. The molecule has 0 spiro atoms.